The van der Waals surface area contributed by atoms with Gasteiger partial charge in [0.1, 0.15) is 22.9 Å². The maximum Gasteiger partial charge on any atom is 0.260 e. The minimum atomic E-state index is -1.13. The first-order valence-electron chi connectivity index (χ1n) is 4.51. The van der Waals surface area contributed by atoms with Gasteiger partial charge < -0.3 is 15.1 Å². The fourth-order valence-electron chi connectivity index (χ4n) is 1.21. The lowest BCUT2D eigenvalue weighted by atomic mass is 10.1. The molecule has 88 valence electrons. The molecule has 1 aromatic carbocycles. The van der Waals surface area contributed by atoms with Crippen LogP contribution in [0.2, 0.25) is 0 Å². The Bertz CT molecular complexity index is 386. The van der Waals surface area contributed by atoms with Crippen molar-refractivity contribution in [2.24, 2.45) is 0 Å². The third-order valence-electron chi connectivity index (χ3n) is 2.03. The highest BCUT2D eigenvalue weighted by atomic mass is 19.1. The highest BCUT2D eigenvalue weighted by molar-refractivity contribution is 5.96. The van der Waals surface area contributed by atoms with Gasteiger partial charge in [-0.3, -0.25) is 4.79 Å². The van der Waals surface area contributed by atoms with Crippen molar-refractivity contribution in [3.05, 3.63) is 29.3 Å². The summed E-state index contributed by atoms with van der Waals surface area (Å²) >= 11 is 0. The zero-order valence-corrected chi connectivity index (χ0v) is 8.57. The second-order valence-corrected chi connectivity index (χ2v) is 3.23. The van der Waals surface area contributed by atoms with Gasteiger partial charge in [0.2, 0.25) is 0 Å². The van der Waals surface area contributed by atoms with E-state index in [9.17, 15) is 18.7 Å². The van der Waals surface area contributed by atoms with Gasteiger partial charge in [-0.2, -0.15) is 0 Å². The van der Waals surface area contributed by atoms with Gasteiger partial charge in [0.25, 0.3) is 5.91 Å². The molecule has 6 heteroatoms. The van der Waals surface area contributed by atoms with Gasteiger partial charge in [0.15, 0.2) is 0 Å². The minimum absolute atomic E-state index is 0.00487. The molecule has 1 aromatic rings. The van der Waals surface area contributed by atoms with Crippen molar-refractivity contribution in [3.63, 3.8) is 0 Å². The number of amides is 1. The van der Waals surface area contributed by atoms with E-state index >= 15 is 0 Å². The van der Waals surface area contributed by atoms with Gasteiger partial charge in [-0.1, -0.05) is 0 Å². The lowest BCUT2D eigenvalue weighted by molar-refractivity contribution is 0.0759. The van der Waals surface area contributed by atoms with Crippen LogP contribution in [0, 0.1) is 11.6 Å². The van der Waals surface area contributed by atoms with E-state index < -0.39 is 28.9 Å². The van der Waals surface area contributed by atoms with Gasteiger partial charge in [-0.25, -0.2) is 8.78 Å². The summed E-state index contributed by atoms with van der Waals surface area (Å²) < 4.78 is 25.9. The monoisotopic (exact) mass is 231 g/mol. The Hall–Kier alpha value is -1.69. The molecule has 0 atom stereocenters. The van der Waals surface area contributed by atoms with Crippen LogP contribution >= 0.6 is 0 Å². The fraction of sp³-hybridized carbons (Fsp3) is 0.300. The maximum absolute atomic E-state index is 13.3. The normalized spacial score (nSPS) is 10.2. The number of phenols is 1. The number of aliphatic hydroxyl groups excluding tert-OH is 1. The van der Waals surface area contributed by atoms with Gasteiger partial charge in [-0.05, 0) is 0 Å². The summed E-state index contributed by atoms with van der Waals surface area (Å²) in [6, 6.07) is 1.17. The average molecular weight is 231 g/mol. The number of phenolic OH excluding ortho intramolecular Hbond substituents is 1. The third kappa shape index (κ3) is 2.46. The van der Waals surface area contributed by atoms with E-state index in [-0.39, 0.29) is 13.2 Å². The van der Waals surface area contributed by atoms with Crippen molar-refractivity contribution in [1.82, 2.24) is 4.90 Å². The largest absolute Gasteiger partial charge is 0.507 e. The molecular formula is C10H11F2NO3. The van der Waals surface area contributed by atoms with Gasteiger partial charge in [0.05, 0.1) is 6.61 Å². The van der Waals surface area contributed by atoms with Crippen molar-refractivity contribution in [2.75, 3.05) is 20.2 Å². The molecular weight excluding hydrogens is 220 g/mol. The second-order valence-electron chi connectivity index (χ2n) is 3.23. The predicted molar refractivity (Wildman–Crippen MR) is 52.1 cm³/mol. The predicted octanol–water partition coefficient (Wildman–Crippen LogP) is 0.735. The van der Waals surface area contributed by atoms with Gasteiger partial charge >= 0.3 is 0 Å². The van der Waals surface area contributed by atoms with E-state index in [2.05, 4.69) is 0 Å². The minimum Gasteiger partial charge on any atom is -0.507 e. The Morgan fingerprint density at radius 2 is 2.06 bits per heavy atom. The number of aromatic hydroxyl groups is 1. The summed E-state index contributed by atoms with van der Waals surface area (Å²) in [5, 5.41) is 17.9. The first kappa shape index (κ1) is 12.4. The van der Waals surface area contributed by atoms with Crippen LogP contribution < -0.4 is 0 Å². The van der Waals surface area contributed by atoms with E-state index in [1.807, 2.05) is 0 Å². The second kappa shape index (κ2) is 4.89. The zero-order chi connectivity index (χ0) is 12.3. The molecule has 2 N–H and O–H groups in total. The molecule has 0 saturated heterocycles. The zero-order valence-electron chi connectivity index (χ0n) is 8.57. The molecule has 0 aliphatic heterocycles. The van der Waals surface area contributed by atoms with Crippen LogP contribution in [0.5, 0.6) is 5.75 Å². The summed E-state index contributed by atoms with van der Waals surface area (Å²) in [7, 11) is 1.33. The Balaban J connectivity index is 3.08. The number of benzene rings is 1. The molecule has 4 nitrogen and oxygen atoms in total. The van der Waals surface area contributed by atoms with Crippen LogP contribution in [0.4, 0.5) is 8.78 Å². The number of hydrogen-bond acceptors (Lipinski definition) is 3. The molecule has 0 bridgehead atoms. The number of aliphatic hydroxyl groups is 1. The fourth-order valence-corrected chi connectivity index (χ4v) is 1.21. The maximum atomic E-state index is 13.3. The molecule has 0 aliphatic rings. The molecule has 0 radical (unpaired) electrons. The van der Waals surface area contributed by atoms with Crippen LogP contribution in [-0.2, 0) is 0 Å². The molecule has 0 spiro atoms. The standard InChI is InChI=1S/C10H11F2NO3/c1-13(2-3-14)10(16)9-7(12)4-6(11)5-8(9)15/h4-5,14-15H,2-3H2,1H3. The lowest BCUT2D eigenvalue weighted by Crippen LogP contribution is -2.30. The number of likely N-dealkylation sites (N-methyl/N-ethyl adjacent to an activating group) is 1. The van der Waals surface area contributed by atoms with E-state index in [0.717, 1.165) is 4.90 Å². The number of halogens is 2. The first-order valence-corrected chi connectivity index (χ1v) is 4.51. The highest BCUT2D eigenvalue weighted by Crippen LogP contribution is 2.23. The van der Waals surface area contributed by atoms with Crippen molar-refractivity contribution >= 4 is 5.91 Å². The van der Waals surface area contributed by atoms with E-state index in [1.54, 1.807) is 0 Å². The number of nitrogens with zero attached hydrogens (tertiary/aromatic N) is 1. The van der Waals surface area contributed by atoms with Crippen LogP contribution in [0.3, 0.4) is 0 Å². The molecule has 0 unspecified atom stereocenters. The molecule has 0 aliphatic carbocycles. The van der Waals surface area contributed by atoms with Crippen LogP contribution in [0.1, 0.15) is 10.4 Å². The average Bonchev–Trinajstić information content (AvgIpc) is 2.16. The smallest absolute Gasteiger partial charge is 0.260 e. The van der Waals surface area contributed by atoms with Crippen molar-refractivity contribution in [2.45, 2.75) is 0 Å². The summed E-state index contributed by atoms with van der Waals surface area (Å²) in [4.78, 5) is 12.6. The third-order valence-corrected chi connectivity index (χ3v) is 2.03. The van der Waals surface area contributed by atoms with Gasteiger partial charge in [-0.15, -0.1) is 0 Å². The molecule has 0 heterocycles. The molecule has 16 heavy (non-hydrogen) atoms. The number of carbonyl (C=O) groups is 1. The number of carbonyl (C=O) groups excluding carboxylic acids is 1. The Kier molecular flexibility index (Phi) is 3.78. The topological polar surface area (TPSA) is 60.8 Å². The SMILES string of the molecule is CN(CCO)C(=O)c1c(O)cc(F)cc1F. The Labute approximate surface area is 90.7 Å². The van der Waals surface area contributed by atoms with Crippen molar-refractivity contribution in [3.8, 4) is 5.75 Å². The van der Waals surface area contributed by atoms with Crippen LogP contribution in [0.15, 0.2) is 12.1 Å². The number of rotatable bonds is 3. The van der Waals surface area contributed by atoms with Gasteiger partial charge in [0, 0.05) is 25.7 Å². The van der Waals surface area contributed by atoms with Crippen molar-refractivity contribution in [1.29, 1.82) is 0 Å². The molecule has 1 rings (SSSR count). The Morgan fingerprint density at radius 1 is 1.44 bits per heavy atom. The molecule has 1 amide bonds. The van der Waals surface area contributed by atoms with Crippen LogP contribution in [0.25, 0.3) is 0 Å². The highest BCUT2D eigenvalue weighted by Gasteiger charge is 2.21. The Morgan fingerprint density at radius 3 is 2.56 bits per heavy atom. The van der Waals surface area contributed by atoms with E-state index in [1.165, 1.54) is 7.05 Å². The molecule has 0 fully saturated rings. The van der Waals surface area contributed by atoms with Crippen molar-refractivity contribution < 1.29 is 23.8 Å². The summed E-state index contributed by atoms with van der Waals surface area (Å²) in [6.07, 6.45) is 0. The lowest BCUT2D eigenvalue weighted by Gasteiger charge is -2.16. The summed E-state index contributed by atoms with van der Waals surface area (Å²) in [5.41, 5.74) is -0.600. The molecule has 0 aromatic heterocycles. The quantitative estimate of drug-likeness (QED) is 0.806. The molecule has 0 saturated carbocycles. The number of hydrogen-bond donors (Lipinski definition) is 2. The summed E-state index contributed by atoms with van der Waals surface area (Å²) in [6.45, 7) is -0.291. The first-order chi connectivity index (χ1) is 7.47. The van der Waals surface area contributed by atoms with E-state index in [4.69, 9.17) is 5.11 Å². The summed E-state index contributed by atoms with van der Waals surface area (Å²) in [5.74, 6) is -3.67. The van der Waals surface area contributed by atoms with Crippen LogP contribution in [-0.4, -0.2) is 41.2 Å². The van der Waals surface area contributed by atoms with E-state index in [0.29, 0.717) is 12.1 Å².